The highest BCUT2D eigenvalue weighted by Crippen LogP contribution is 2.38. The van der Waals surface area contributed by atoms with E-state index in [1.54, 1.807) is 13.0 Å². The van der Waals surface area contributed by atoms with E-state index in [9.17, 15) is 18.0 Å². The number of hydrogen-bond acceptors (Lipinski definition) is 5. The molecular weight excluding hydrogens is 293 g/mol. The van der Waals surface area contributed by atoms with Crippen LogP contribution in [0.25, 0.3) is 0 Å². The van der Waals surface area contributed by atoms with E-state index < -0.39 is 18.6 Å². The molecule has 20 heavy (non-hydrogen) atoms. The number of nitrogens with one attached hydrogen (secondary N) is 1. The molecule has 1 heterocycles. The number of halogens is 3. The Morgan fingerprint density at radius 1 is 1.55 bits per heavy atom. The Labute approximate surface area is 117 Å². The fourth-order valence-corrected chi connectivity index (χ4v) is 2.61. The van der Waals surface area contributed by atoms with Gasteiger partial charge in [-0.2, -0.15) is 18.4 Å². The molecule has 110 valence electrons. The first-order valence-corrected chi connectivity index (χ1v) is 6.41. The number of thiophene rings is 1. The average Bonchev–Trinajstić information content (AvgIpc) is 2.64. The number of nitriles is 1. The second-order valence-corrected chi connectivity index (χ2v) is 4.97. The van der Waals surface area contributed by atoms with E-state index in [2.05, 4.69) is 5.32 Å². The van der Waals surface area contributed by atoms with Gasteiger partial charge < -0.3 is 16.0 Å². The van der Waals surface area contributed by atoms with Gasteiger partial charge in [0.2, 0.25) is 0 Å². The van der Waals surface area contributed by atoms with Gasteiger partial charge in [0.05, 0.1) is 5.69 Å². The summed E-state index contributed by atoms with van der Waals surface area (Å²) in [5.41, 5.74) is 5.47. The lowest BCUT2D eigenvalue weighted by atomic mass is 10.2. The molecule has 0 spiro atoms. The first-order chi connectivity index (χ1) is 9.21. The summed E-state index contributed by atoms with van der Waals surface area (Å²) >= 11 is 0.774. The van der Waals surface area contributed by atoms with Crippen LogP contribution in [0.15, 0.2) is 0 Å². The first kappa shape index (κ1) is 16.1. The summed E-state index contributed by atoms with van der Waals surface area (Å²) in [6.45, 7) is 0.825. The number of amides is 1. The summed E-state index contributed by atoms with van der Waals surface area (Å²) in [5, 5.41) is 11.5. The van der Waals surface area contributed by atoms with Crippen LogP contribution in [0.4, 0.5) is 23.9 Å². The molecule has 9 heteroatoms. The van der Waals surface area contributed by atoms with Crippen LogP contribution in [0.5, 0.6) is 0 Å². The molecule has 1 aromatic heterocycles. The summed E-state index contributed by atoms with van der Waals surface area (Å²) < 4.78 is 37.2. The monoisotopic (exact) mass is 306 g/mol. The third kappa shape index (κ3) is 3.54. The van der Waals surface area contributed by atoms with Crippen LogP contribution in [-0.4, -0.2) is 32.2 Å². The zero-order chi connectivity index (χ0) is 15.5. The van der Waals surface area contributed by atoms with E-state index in [-0.39, 0.29) is 21.1 Å². The van der Waals surface area contributed by atoms with Crippen molar-refractivity contribution in [3.63, 3.8) is 0 Å². The molecule has 5 nitrogen and oxygen atoms in total. The van der Waals surface area contributed by atoms with Gasteiger partial charge in [-0.3, -0.25) is 4.79 Å². The van der Waals surface area contributed by atoms with Crippen LogP contribution in [0.3, 0.4) is 0 Å². The average molecular weight is 306 g/mol. The minimum Gasteiger partial charge on any atom is -0.396 e. The molecule has 3 N–H and O–H groups in total. The maximum Gasteiger partial charge on any atom is 0.405 e. The Morgan fingerprint density at radius 2 is 2.15 bits per heavy atom. The number of nitrogens with zero attached hydrogens (tertiary/aromatic N) is 2. The molecule has 0 aromatic carbocycles. The van der Waals surface area contributed by atoms with E-state index in [0.29, 0.717) is 6.54 Å². The van der Waals surface area contributed by atoms with Crippen molar-refractivity contribution in [3.05, 3.63) is 10.4 Å². The normalized spacial score (nSPS) is 11.0. The Morgan fingerprint density at radius 3 is 2.60 bits per heavy atom. The zero-order valence-corrected chi connectivity index (χ0v) is 11.7. The van der Waals surface area contributed by atoms with E-state index >= 15 is 0 Å². The Bertz CT molecular complexity index is 547. The van der Waals surface area contributed by atoms with E-state index in [4.69, 9.17) is 11.0 Å². The number of rotatable bonds is 4. The van der Waals surface area contributed by atoms with Gasteiger partial charge in [0.15, 0.2) is 0 Å². The number of carbonyl (C=O) groups excluding carboxylic acids is 1. The Balaban J connectivity index is 3.18. The third-order valence-electron chi connectivity index (χ3n) is 2.35. The lowest BCUT2D eigenvalue weighted by Gasteiger charge is -2.19. The van der Waals surface area contributed by atoms with Crippen molar-refractivity contribution in [3.8, 4) is 6.07 Å². The predicted octanol–water partition coefficient (Wildman–Crippen LogP) is 1.95. The van der Waals surface area contributed by atoms with Crippen LogP contribution >= 0.6 is 11.3 Å². The van der Waals surface area contributed by atoms with Crippen molar-refractivity contribution in [1.29, 1.82) is 5.26 Å². The van der Waals surface area contributed by atoms with Gasteiger partial charge in [0.1, 0.15) is 28.1 Å². The molecule has 0 aliphatic heterocycles. The number of nitrogens with two attached hydrogens (primary N) is 1. The molecule has 1 amide bonds. The van der Waals surface area contributed by atoms with Crippen LogP contribution < -0.4 is 16.0 Å². The van der Waals surface area contributed by atoms with Gasteiger partial charge in [-0.05, 0) is 6.92 Å². The van der Waals surface area contributed by atoms with Gasteiger partial charge in [0, 0.05) is 13.6 Å². The predicted molar refractivity (Wildman–Crippen MR) is 70.8 cm³/mol. The zero-order valence-electron chi connectivity index (χ0n) is 10.8. The molecule has 0 aliphatic rings. The third-order valence-corrected chi connectivity index (χ3v) is 3.66. The van der Waals surface area contributed by atoms with Crippen molar-refractivity contribution in [2.45, 2.75) is 13.1 Å². The fourth-order valence-electron chi connectivity index (χ4n) is 1.56. The smallest absolute Gasteiger partial charge is 0.396 e. The summed E-state index contributed by atoms with van der Waals surface area (Å²) in [5.74, 6) is -0.502. The quantitative estimate of drug-likeness (QED) is 0.890. The summed E-state index contributed by atoms with van der Waals surface area (Å²) in [7, 11) is 1.20. The van der Waals surface area contributed by atoms with Gasteiger partial charge in [-0.15, -0.1) is 11.3 Å². The lowest BCUT2D eigenvalue weighted by Crippen LogP contribution is -2.30. The van der Waals surface area contributed by atoms with E-state index in [1.807, 2.05) is 0 Å². The molecule has 0 saturated carbocycles. The standard InChI is InChI=1S/C11H13F3N4OS/c1-3-17-9(19)8-7(16)6(4-15)10(20-8)18(2)5-11(12,13)14/h3,5,16H2,1-2H3,(H,17,19). The molecule has 1 aromatic rings. The maximum absolute atomic E-state index is 12.4. The van der Waals surface area contributed by atoms with Crippen molar-refractivity contribution < 1.29 is 18.0 Å². The van der Waals surface area contributed by atoms with E-state index in [1.165, 1.54) is 7.05 Å². The molecule has 1 rings (SSSR count). The largest absolute Gasteiger partial charge is 0.405 e. The summed E-state index contributed by atoms with van der Waals surface area (Å²) in [6, 6.07) is 1.74. The number of carbonyl (C=O) groups is 1. The SMILES string of the molecule is CCNC(=O)c1sc(N(C)CC(F)(F)F)c(C#N)c1N. The van der Waals surface area contributed by atoms with Gasteiger partial charge >= 0.3 is 6.18 Å². The van der Waals surface area contributed by atoms with E-state index in [0.717, 1.165) is 16.2 Å². The molecule has 0 aliphatic carbocycles. The van der Waals surface area contributed by atoms with Crippen molar-refractivity contribution in [2.75, 3.05) is 30.8 Å². The highest BCUT2D eigenvalue weighted by atomic mass is 32.1. The van der Waals surface area contributed by atoms with Gasteiger partial charge in [-0.1, -0.05) is 0 Å². The number of alkyl halides is 3. The Hall–Kier alpha value is -1.95. The van der Waals surface area contributed by atoms with Crippen LogP contribution in [0, 0.1) is 11.3 Å². The lowest BCUT2D eigenvalue weighted by molar-refractivity contribution is -0.119. The molecular formula is C11H13F3N4OS. The molecule has 0 saturated heterocycles. The molecule has 0 unspecified atom stereocenters. The second kappa shape index (κ2) is 6.00. The fraction of sp³-hybridized carbons (Fsp3) is 0.455. The molecule has 0 radical (unpaired) electrons. The minimum atomic E-state index is -4.41. The van der Waals surface area contributed by atoms with Crippen LogP contribution in [0.1, 0.15) is 22.2 Å². The van der Waals surface area contributed by atoms with Gasteiger partial charge in [0.25, 0.3) is 5.91 Å². The summed E-state index contributed by atoms with van der Waals surface area (Å²) in [6.07, 6.45) is -4.41. The number of hydrogen-bond donors (Lipinski definition) is 2. The highest BCUT2D eigenvalue weighted by Gasteiger charge is 2.32. The Kier molecular flexibility index (Phi) is 4.83. The molecule has 0 fully saturated rings. The number of anilines is 2. The minimum absolute atomic E-state index is 0.0311. The number of nitrogen functional groups attached to an aromatic ring is 1. The van der Waals surface area contributed by atoms with Crippen molar-refractivity contribution >= 4 is 27.9 Å². The van der Waals surface area contributed by atoms with Crippen molar-refractivity contribution in [2.24, 2.45) is 0 Å². The maximum atomic E-state index is 12.4. The highest BCUT2D eigenvalue weighted by molar-refractivity contribution is 7.19. The van der Waals surface area contributed by atoms with Gasteiger partial charge in [-0.25, -0.2) is 0 Å². The molecule has 0 bridgehead atoms. The second-order valence-electron chi connectivity index (χ2n) is 3.97. The van der Waals surface area contributed by atoms with Crippen molar-refractivity contribution in [1.82, 2.24) is 5.32 Å². The topological polar surface area (TPSA) is 82.2 Å². The van der Waals surface area contributed by atoms with Crippen LogP contribution in [-0.2, 0) is 0 Å². The molecule has 0 atom stereocenters. The first-order valence-electron chi connectivity index (χ1n) is 5.59. The summed E-state index contributed by atoms with van der Waals surface area (Å²) in [4.78, 5) is 12.6. The van der Waals surface area contributed by atoms with Crippen LogP contribution in [0.2, 0.25) is 0 Å².